The lowest BCUT2D eigenvalue weighted by Crippen LogP contribution is -2.41. The maximum atomic E-state index is 12.7. The summed E-state index contributed by atoms with van der Waals surface area (Å²) in [6.45, 7) is 17.7. The normalized spacial score (nSPS) is 19.8. The zero-order valence-corrected chi connectivity index (χ0v) is 18.3. The van der Waals surface area contributed by atoms with E-state index in [-0.39, 0.29) is 11.3 Å². The highest BCUT2D eigenvalue weighted by molar-refractivity contribution is 6.62. The minimum Gasteiger partial charge on any atom is -0.399 e. The molecule has 27 heavy (non-hydrogen) atoms. The maximum absolute atomic E-state index is 12.7. The van der Waals surface area contributed by atoms with E-state index in [1.165, 1.54) is 0 Å². The molecule has 0 radical (unpaired) electrons. The molecule has 1 aromatic rings. The van der Waals surface area contributed by atoms with Gasteiger partial charge in [0.1, 0.15) is 0 Å². The van der Waals surface area contributed by atoms with Crippen LogP contribution in [0.5, 0.6) is 0 Å². The standard InChI is InChI=1S/C22H36BNO3/c1-9-11-17(20(2,3)4)15-24-19(25)16-12-10-13-18(14-16)23-26-21(5,6)22(7,8)27-23/h10,12-14,17H,9,11,15H2,1-8H3,(H,24,25). The number of rotatable bonds is 6. The van der Waals surface area contributed by atoms with Gasteiger partial charge in [-0.2, -0.15) is 0 Å². The molecule has 1 aromatic carbocycles. The smallest absolute Gasteiger partial charge is 0.399 e. The topological polar surface area (TPSA) is 47.6 Å². The average Bonchev–Trinajstić information content (AvgIpc) is 2.78. The van der Waals surface area contributed by atoms with Crippen molar-refractivity contribution in [3.8, 4) is 0 Å². The van der Waals surface area contributed by atoms with E-state index in [2.05, 4.69) is 33.0 Å². The predicted molar refractivity (Wildman–Crippen MR) is 112 cm³/mol. The van der Waals surface area contributed by atoms with E-state index in [9.17, 15) is 4.79 Å². The molecule has 0 spiro atoms. The zero-order valence-electron chi connectivity index (χ0n) is 18.3. The Morgan fingerprint density at radius 3 is 2.26 bits per heavy atom. The molecule has 0 aliphatic carbocycles. The first-order valence-electron chi connectivity index (χ1n) is 10.1. The van der Waals surface area contributed by atoms with Gasteiger partial charge < -0.3 is 14.6 Å². The van der Waals surface area contributed by atoms with Gasteiger partial charge in [-0.15, -0.1) is 0 Å². The Morgan fingerprint density at radius 2 is 1.74 bits per heavy atom. The van der Waals surface area contributed by atoms with Gasteiger partial charge in [0.2, 0.25) is 0 Å². The van der Waals surface area contributed by atoms with Crippen LogP contribution in [0.25, 0.3) is 0 Å². The molecule has 1 saturated heterocycles. The molecular formula is C22H36BNO3. The van der Waals surface area contributed by atoms with E-state index in [1.807, 2.05) is 52.0 Å². The van der Waals surface area contributed by atoms with Crippen molar-refractivity contribution in [2.75, 3.05) is 6.54 Å². The van der Waals surface area contributed by atoms with Crippen molar-refractivity contribution in [3.63, 3.8) is 0 Å². The first-order valence-corrected chi connectivity index (χ1v) is 10.1. The Kier molecular flexibility index (Phi) is 6.48. The van der Waals surface area contributed by atoms with E-state index in [1.54, 1.807) is 0 Å². The first kappa shape index (κ1) is 22.0. The third-order valence-corrected chi connectivity index (χ3v) is 6.05. The molecule has 0 aromatic heterocycles. The molecule has 0 saturated carbocycles. The van der Waals surface area contributed by atoms with Crippen LogP contribution in [0.4, 0.5) is 0 Å². The van der Waals surface area contributed by atoms with Crippen molar-refractivity contribution in [1.29, 1.82) is 0 Å². The molecule has 0 bridgehead atoms. The lowest BCUT2D eigenvalue weighted by atomic mass is 9.77. The molecule has 5 heteroatoms. The van der Waals surface area contributed by atoms with Crippen LogP contribution in [-0.4, -0.2) is 30.8 Å². The molecule has 1 amide bonds. The summed E-state index contributed by atoms with van der Waals surface area (Å²) < 4.78 is 12.2. The van der Waals surface area contributed by atoms with Gasteiger partial charge >= 0.3 is 7.12 Å². The number of carbonyl (C=O) groups is 1. The van der Waals surface area contributed by atoms with Gasteiger partial charge in [0.15, 0.2) is 0 Å². The second-order valence-electron chi connectivity index (χ2n) is 9.78. The van der Waals surface area contributed by atoms with E-state index in [0.717, 1.165) is 18.3 Å². The molecule has 1 atom stereocenters. The van der Waals surface area contributed by atoms with E-state index in [0.29, 0.717) is 18.0 Å². The van der Waals surface area contributed by atoms with Crippen molar-refractivity contribution in [3.05, 3.63) is 29.8 Å². The molecule has 1 aliphatic rings. The van der Waals surface area contributed by atoms with Crippen LogP contribution < -0.4 is 10.8 Å². The molecule has 1 N–H and O–H groups in total. The van der Waals surface area contributed by atoms with Gasteiger partial charge in [0.05, 0.1) is 11.2 Å². The highest BCUT2D eigenvalue weighted by Crippen LogP contribution is 2.36. The number of amides is 1. The zero-order chi connectivity index (χ0) is 20.5. The molecule has 1 aliphatic heterocycles. The third kappa shape index (κ3) is 5.14. The minimum absolute atomic E-state index is 0.0429. The predicted octanol–water partition coefficient (Wildman–Crippen LogP) is 4.18. The highest BCUT2D eigenvalue weighted by atomic mass is 16.7. The van der Waals surface area contributed by atoms with E-state index in [4.69, 9.17) is 9.31 Å². The lowest BCUT2D eigenvalue weighted by Gasteiger charge is -2.32. The van der Waals surface area contributed by atoms with Crippen LogP contribution in [0.2, 0.25) is 0 Å². The SMILES string of the molecule is CCCC(CNC(=O)c1cccc(B2OC(C)(C)C(C)(C)O2)c1)C(C)(C)C. The summed E-state index contributed by atoms with van der Waals surface area (Å²) in [4.78, 5) is 12.7. The van der Waals surface area contributed by atoms with Crippen molar-refractivity contribution >= 4 is 18.5 Å². The summed E-state index contributed by atoms with van der Waals surface area (Å²) in [6, 6.07) is 7.57. The van der Waals surface area contributed by atoms with Crippen molar-refractivity contribution < 1.29 is 14.1 Å². The van der Waals surface area contributed by atoms with Crippen LogP contribution in [-0.2, 0) is 9.31 Å². The van der Waals surface area contributed by atoms with E-state index >= 15 is 0 Å². The first-order chi connectivity index (χ1) is 12.4. The van der Waals surface area contributed by atoms with Crippen LogP contribution in [0.1, 0.15) is 78.6 Å². The number of benzene rings is 1. The quantitative estimate of drug-likeness (QED) is 0.761. The Balaban J connectivity index is 2.08. The summed E-state index contributed by atoms with van der Waals surface area (Å²) in [7, 11) is -0.454. The Hall–Kier alpha value is -1.33. The van der Waals surface area contributed by atoms with Gasteiger partial charge in [0, 0.05) is 12.1 Å². The molecule has 150 valence electrons. The van der Waals surface area contributed by atoms with Gasteiger partial charge in [-0.05, 0) is 63.0 Å². The number of nitrogens with one attached hydrogen (secondary N) is 1. The van der Waals surface area contributed by atoms with Crippen molar-refractivity contribution in [1.82, 2.24) is 5.32 Å². The highest BCUT2D eigenvalue weighted by Gasteiger charge is 2.51. The Bertz CT molecular complexity index is 648. The fourth-order valence-electron chi connectivity index (χ4n) is 3.31. The largest absolute Gasteiger partial charge is 0.494 e. The van der Waals surface area contributed by atoms with Gasteiger partial charge in [-0.3, -0.25) is 4.79 Å². The number of carbonyl (C=O) groups excluding carboxylic acids is 1. The third-order valence-electron chi connectivity index (χ3n) is 6.05. The molecule has 1 heterocycles. The van der Waals surface area contributed by atoms with Crippen LogP contribution in [0.3, 0.4) is 0 Å². The summed E-state index contributed by atoms with van der Waals surface area (Å²) in [6.07, 6.45) is 2.23. The Labute approximate surface area is 165 Å². The van der Waals surface area contributed by atoms with Gasteiger partial charge in [-0.1, -0.05) is 46.2 Å². The fraction of sp³-hybridized carbons (Fsp3) is 0.682. The fourth-order valence-corrected chi connectivity index (χ4v) is 3.31. The summed E-state index contributed by atoms with van der Waals surface area (Å²) in [5.41, 5.74) is 0.911. The van der Waals surface area contributed by atoms with Gasteiger partial charge in [-0.25, -0.2) is 0 Å². The maximum Gasteiger partial charge on any atom is 0.494 e. The summed E-state index contributed by atoms with van der Waals surface area (Å²) in [5, 5.41) is 3.12. The van der Waals surface area contributed by atoms with Crippen LogP contribution in [0.15, 0.2) is 24.3 Å². The summed E-state index contributed by atoms with van der Waals surface area (Å²) >= 11 is 0. The molecule has 2 rings (SSSR count). The second kappa shape index (κ2) is 7.96. The second-order valence-corrected chi connectivity index (χ2v) is 9.78. The Morgan fingerprint density at radius 1 is 1.15 bits per heavy atom. The van der Waals surface area contributed by atoms with Crippen molar-refractivity contribution in [2.45, 2.75) is 79.4 Å². The van der Waals surface area contributed by atoms with Crippen LogP contribution >= 0.6 is 0 Å². The average molecular weight is 373 g/mol. The molecule has 4 nitrogen and oxygen atoms in total. The number of hydrogen-bond acceptors (Lipinski definition) is 3. The monoisotopic (exact) mass is 373 g/mol. The van der Waals surface area contributed by atoms with Gasteiger partial charge in [0.25, 0.3) is 5.91 Å². The molecular weight excluding hydrogens is 337 g/mol. The molecule has 1 unspecified atom stereocenters. The molecule has 1 fully saturated rings. The summed E-state index contributed by atoms with van der Waals surface area (Å²) in [5.74, 6) is 0.413. The number of hydrogen-bond donors (Lipinski definition) is 1. The van der Waals surface area contributed by atoms with Crippen molar-refractivity contribution in [2.24, 2.45) is 11.3 Å². The van der Waals surface area contributed by atoms with E-state index < -0.39 is 18.3 Å². The van der Waals surface area contributed by atoms with Crippen LogP contribution in [0, 0.1) is 11.3 Å². The lowest BCUT2D eigenvalue weighted by molar-refractivity contribution is 0.00578. The minimum atomic E-state index is -0.454.